The molecule has 5 heteroatoms. The molecule has 1 unspecified atom stereocenters. The molecule has 0 rings (SSSR count). The molecule has 5 nitrogen and oxygen atoms in total. The molecular formula is C65H106O5. The summed E-state index contributed by atoms with van der Waals surface area (Å²) in [5, 5.41) is 0. The summed E-state index contributed by atoms with van der Waals surface area (Å²) in [6, 6.07) is 0. The molecule has 396 valence electrons. The number of rotatable bonds is 51. The lowest BCUT2D eigenvalue weighted by molar-refractivity contribution is -0.163. The second kappa shape index (κ2) is 59.3. The van der Waals surface area contributed by atoms with Gasteiger partial charge in [0, 0.05) is 19.4 Å². The Morgan fingerprint density at radius 1 is 0.329 bits per heavy atom. The molecule has 0 heterocycles. The number of esters is 2. The fourth-order valence-electron chi connectivity index (χ4n) is 7.44. The average molecular weight is 968 g/mol. The Morgan fingerprint density at radius 3 is 1.04 bits per heavy atom. The quantitative estimate of drug-likeness (QED) is 0.0345. The third-order valence-corrected chi connectivity index (χ3v) is 11.7. The number of ether oxygens (including phenoxy) is 3. The molecule has 0 aromatic carbocycles. The highest BCUT2D eigenvalue weighted by atomic mass is 16.6. The highest BCUT2D eigenvalue weighted by Crippen LogP contribution is 2.13. The summed E-state index contributed by atoms with van der Waals surface area (Å²) in [5.74, 6) is -0.460. The Balaban J connectivity index is 4.43. The number of hydrogen-bond acceptors (Lipinski definition) is 5. The molecule has 0 amide bonds. The van der Waals surface area contributed by atoms with Crippen LogP contribution in [0, 0.1) is 0 Å². The van der Waals surface area contributed by atoms with Crippen molar-refractivity contribution < 1.29 is 23.8 Å². The van der Waals surface area contributed by atoms with E-state index < -0.39 is 6.10 Å². The van der Waals surface area contributed by atoms with Crippen molar-refractivity contribution in [2.45, 2.75) is 245 Å². The van der Waals surface area contributed by atoms with Crippen molar-refractivity contribution in [2.75, 3.05) is 19.8 Å². The van der Waals surface area contributed by atoms with Crippen LogP contribution < -0.4 is 0 Å². The van der Waals surface area contributed by atoms with E-state index in [9.17, 15) is 9.59 Å². The largest absolute Gasteiger partial charge is 0.462 e. The maximum Gasteiger partial charge on any atom is 0.306 e. The van der Waals surface area contributed by atoms with Crippen LogP contribution in [0.25, 0.3) is 0 Å². The van der Waals surface area contributed by atoms with Crippen LogP contribution in [0.1, 0.15) is 239 Å². The number of allylic oxidation sites excluding steroid dienone is 22. The van der Waals surface area contributed by atoms with Crippen LogP contribution in [-0.4, -0.2) is 37.9 Å². The predicted molar refractivity (Wildman–Crippen MR) is 306 cm³/mol. The number of carbonyl (C=O) groups excluding carboxylic acids is 2. The minimum Gasteiger partial charge on any atom is -0.462 e. The predicted octanol–water partition coefficient (Wildman–Crippen LogP) is 19.9. The number of carbonyl (C=O) groups is 2. The summed E-state index contributed by atoms with van der Waals surface area (Å²) in [7, 11) is 0. The molecule has 0 N–H and O–H groups in total. The zero-order valence-electron chi connectivity index (χ0n) is 45.5. The second-order valence-corrected chi connectivity index (χ2v) is 18.4. The van der Waals surface area contributed by atoms with E-state index in [-0.39, 0.29) is 25.2 Å². The molecule has 0 radical (unpaired) electrons. The smallest absolute Gasteiger partial charge is 0.306 e. The minimum atomic E-state index is -0.575. The van der Waals surface area contributed by atoms with E-state index in [4.69, 9.17) is 14.2 Å². The van der Waals surface area contributed by atoms with Gasteiger partial charge in [-0.2, -0.15) is 0 Å². The van der Waals surface area contributed by atoms with Crippen molar-refractivity contribution in [1.29, 1.82) is 0 Å². The standard InChI is InChI=1S/C65H106O5/c1-4-7-10-13-16-19-22-25-28-31-33-35-37-40-43-46-49-52-55-58-64(66)69-62-63(61-68-60-57-54-51-48-45-42-39-36-32-29-26-23-20-17-14-11-8-5-2)70-65(67)59-56-53-50-47-44-41-38-34-30-27-24-21-18-15-12-9-6-3/h7-8,10-11,16-21,25-30,33,35-36,39-40,43,63H,4-6,9,12-15,22-24,31-32,34,37-38,41-42,44-62H2,1-3H3/b10-7-,11-8-,19-16-,20-17-,21-18-,28-25-,29-26-,30-27-,35-33-,39-36-,43-40-. The van der Waals surface area contributed by atoms with Crippen molar-refractivity contribution in [3.8, 4) is 0 Å². The Kier molecular flexibility index (Phi) is 56.0. The fraction of sp³-hybridized carbons (Fsp3) is 0.631. The van der Waals surface area contributed by atoms with Crippen LogP contribution in [0.2, 0.25) is 0 Å². The molecule has 70 heavy (non-hydrogen) atoms. The Hall–Kier alpha value is -3.96. The van der Waals surface area contributed by atoms with Gasteiger partial charge in [-0.25, -0.2) is 0 Å². The van der Waals surface area contributed by atoms with Crippen LogP contribution in [0.3, 0.4) is 0 Å². The first-order valence-corrected chi connectivity index (χ1v) is 28.7. The number of hydrogen-bond donors (Lipinski definition) is 0. The van der Waals surface area contributed by atoms with Gasteiger partial charge in [-0.3, -0.25) is 9.59 Å². The monoisotopic (exact) mass is 967 g/mol. The van der Waals surface area contributed by atoms with Crippen molar-refractivity contribution >= 4 is 11.9 Å². The summed E-state index contributed by atoms with van der Waals surface area (Å²) in [6.45, 7) is 7.49. The van der Waals surface area contributed by atoms with Gasteiger partial charge in [0.05, 0.1) is 6.61 Å². The zero-order valence-corrected chi connectivity index (χ0v) is 45.5. The molecular weight excluding hydrogens is 861 g/mol. The Labute approximate surface area is 432 Å². The first kappa shape index (κ1) is 66.0. The van der Waals surface area contributed by atoms with Gasteiger partial charge in [-0.05, 0) is 135 Å². The maximum absolute atomic E-state index is 12.9. The van der Waals surface area contributed by atoms with E-state index in [1.54, 1.807) is 0 Å². The first-order valence-electron chi connectivity index (χ1n) is 28.7. The van der Waals surface area contributed by atoms with Gasteiger partial charge in [-0.1, -0.05) is 225 Å². The van der Waals surface area contributed by atoms with Gasteiger partial charge in [0.15, 0.2) is 6.10 Å². The fourth-order valence-corrected chi connectivity index (χ4v) is 7.44. The first-order chi connectivity index (χ1) is 34.6. The highest BCUT2D eigenvalue weighted by Gasteiger charge is 2.17. The lowest BCUT2D eigenvalue weighted by Crippen LogP contribution is -2.30. The third kappa shape index (κ3) is 56.6. The summed E-state index contributed by atoms with van der Waals surface area (Å²) in [4.78, 5) is 25.5. The van der Waals surface area contributed by atoms with E-state index in [0.29, 0.717) is 19.4 Å². The molecule has 0 fully saturated rings. The third-order valence-electron chi connectivity index (χ3n) is 11.7. The molecule has 0 aromatic rings. The van der Waals surface area contributed by atoms with Crippen LogP contribution in [0.5, 0.6) is 0 Å². The van der Waals surface area contributed by atoms with E-state index in [1.807, 2.05) is 0 Å². The normalized spacial score (nSPS) is 13.2. The molecule has 0 saturated carbocycles. The van der Waals surface area contributed by atoms with Gasteiger partial charge in [-0.15, -0.1) is 0 Å². The Bertz CT molecular complexity index is 1470. The summed E-state index contributed by atoms with van der Waals surface area (Å²) in [5.41, 5.74) is 0. The topological polar surface area (TPSA) is 61.8 Å². The molecule has 0 aliphatic rings. The van der Waals surface area contributed by atoms with Gasteiger partial charge in [0.1, 0.15) is 6.61 Å². The van der Waals surface area contributed by atoms with Crippen molar-refractivity contribution in [1.82, 2.24) is 0 Å². The van der Waals surface area contributed by atoms with Crippen LogP contribution in [-0.2, 0) is 23.8 Å². The maximum atomic E-state index is 12.9. The summed E-state index contributed by atoms with van der Waals surface area (Å²) >= 11 is 0. The second-order valence-electron chi connectivity index (χ2n) is 18.4. The van der Waals surface area contributed by atoms with Gasteiger partial charge in [0.25, 0.3) is 0 Å². The lowest BCUT2D eigenvalue weighted by Gasteiger charge is -2.18. The van der Waals surface area contributed by atoms with Gasteiger partial charge < -0.3 is 14.2 Å². The van der Waals surface area contributed by atoms with E-state index >= 15 is 0 Å². The molecule has 0 aliphatic heterocycles. The molecule has 0 bridgehead atoms. The molecule has 0 spiro atoms. The van der Waals surface area contributed by atoms with Crippen molar-refractivity contribution in [2.24, 2.45) is 0 Å². The van der Waals surface area contributed by atoms with E-state index in [2.05, 4.69) is 154 Å². The molecule has 0 aliphatic carbocycles. The minimum absolute atomic E-state index is 0.0485. The SMILES string of the molecule is CC/C=C\C/C=C\C/C=C\C/C=C\C/C=C\CCCCCC(=O)OCC(COCCCCCCC/C=C\C/C=C\C/C=C\C/C=C\CC)OC(=O)CCCCCCCCC/C=C\C/C=C\CCCCC. The number of unbranched alkanes of at least 4 members (excludes halogenated alkanes) is 18. The molecule has 0 aromatic heterocycles. The Morgan fingerprint density at radius 2 is 0.643 bits per heavy atom. The summed E-state index contributed by atoms with van der Waals surface area (Å²) < 4.78 is 17.4. The summed E-state index contributed by atoms with van der Waals surface area (Å²) in [6.07, 6.45) is 84.7. The van der Waals surface area contributed by atoms with E-state index in [1.165, 1.54) is 70.6 Å². The van der Waals surface area contributed by atoms with Crippen molar-refractivity contribution in [3.63, 3.8) is 0 Å². The van der Waals surface area contributed by atoms with E-state index in [0.717, 1.165) is 135 Å². The molecule has 1 atom stereocenters. The van der Waals surface area contributed by atoms with Gasteiger partial charge >= 0.3 is 11.9 Å². The average Bonchev–Trinajstić information content (AvgIpc) is 3.36. The highest BCUT2D eigenvalue weighted by molar-refractivity contribution is 5.70. The van der Waals surface area contributed by atoms with Crippen LogP contribution >= 0.6 is 0 Å². The van der Waals surface area contributed by atoms with Crippen molar-refractivity contribution in [3.05, 3.63) is 134 Å². The van der Waals surface area contributed by atoms with Gasteiger partial charge in [0.2, 0.25) is 0 Å². The van der Waals surface area contributed by atoms with Crippen LogP contribution in [0.15, 0.2) is 134 Å². The molecule has 0 saturated heterocycles. The zero-order chi connectivity index (χ0) is 50.6. The van der Waals surface area contributed by atoms with Crippen LogP contribution in [0.4, 0.5) is 0 Å². The lowest BCUT2D eigenvalue weighted by atomic mass is 10.1.